The Bertz CT molecular complexity index is 1280. The molecule has 0 bridgehead atoms. The Hall–Kier alpha value is -2.75. The van der Waals surface area contributed by atoms with Gasteiger partial charge in [0.15, 0.2) is 0 Å². The highest BCUT2D eigenvalue weighted by Crippen LogP contribution is 2.28. The van der Waals surface area contributed by atoms with E-state index in [1.54, 1.807) is 17.7 Å². The maximum absolute atomic E-state index is 12.9. The number of aromatic hydroxyl groups is 1. The second-order valence-electron chi connectivity index (χ2n) is 8.32. The minimum atomic E-state index is -3.59. The van der Waals surface area contributed by atoms with Crippen LogP contribution in [0.2, 0.25) is 0 Å². The van der Waals surface area contributed by atoms with Gasteiger partial charge in [0, 0.05) is 26.2 Å². The van der Waals surface area contributed by atoms with Crippen molar-refractivity contribution in [3.05, 3.63) is 64.7 Å². The SMILES string of the molecule is CC(c1nc2ccccc2c(=O)n1C)N(C)C1CCN(S(=O)(=O)c2ccc(O)cc2)CC1. The molecular weight excluding hydrogens is 428 g/mol. The van der Waals surface area contributed by atoms with Crippen LogP contribution in [0.15, 0.2) is 58.2 Å². The molecule has 0 radical (unpaired) electrons. The molecule has 0 amide bonds. The summed E-state index contributed by atoms with van der Waals surface area (Å²) in [6, 6.07) is 13.0. The van der Waals surface area contributed by atoms with Crippen molar-refractivity contribution in [3.63, 3.8) is 0 Å². The molecule has 3 aromatic rings. The summed E-state index contributed by atoms with van der Waals surface area (Å²) in [5, 5.41) is 10.0. The predicted octanol–water partition coefficient (Wildman–Crippen LogP) is 2.49. The van der Waals surface area contributed by atoms with Crippen molar-refractivity contribution < 1.29 is 13.5 Å². The highest BCUT2D eigenvalue weighted by molar-refractivity contribution is 7.89. The van der Waals surface area contributed by atoms with Crippen LogP contribution >= 0.6 is 0 Å². The average Bonchev–Trinajstić information content (AvgIpc) is 2.81. The van der Waals surface area contributed by atoms with Gasteiger partial charge >= 0.3 is 0 Å². The van der Waals surface area contributed by atoms with Crippen LogP contribution in [0.1, 0.15) is 31.6 Å². The summed E-state index contributed by atoms with van der Waals surface area (Å²) in [5.74, 6) is 0.727. The van der Waals surface area contributed by atoms with Crippen LogP contribution in [0.3, 0.4) is 0 Å². The molecule has 8 nitrogen and oxygen atoms in total. The molecule has 1 fully saturated rings. The predicted molar refractivity (Wildman–Crippen MR) is 123 cm³/mol. The average molecular weight is 457 g/mol. The summed E-state index contributed by atoms with van der Waals surface area (Å²) in [5.41, 5.74) is 0.612. The zero-order valence-corrected chi connectivity index (χ0v) is 19.3. The second-order valence-corrected chi connectivity index (χ2v) is 10.3. The monoisotopic (exact) mass is 456 g/mol. The number of nitrogens with zero attached hydrogens (tertiary/aromatic N) is 4. The molecule has 1 aromatic heterocycles. The molecule has 1 saturated heterocycles. The fourth-order valence-corrected chi connectivity index (χ4v) is 5.83. The van der Waals surface area contributed by atoms with E-state index in [2.05, 4.69) is 4.90 Å². The first-order chi connectivity index (χ1) is 15.2. The van der Waals surface area contributed by atoms with Gasteiger partial charge in [-0.25, -0.2) is 13.4 Å². The number of hydrogen-bond donors (Lipinski definition) is 1. The van der Waals surface area contributed by atoms with Crippen LogP contribution in [0.5, 0.6) is 5.75 Å². The first-order valence-corrected chi connectivity index (χ1v) is 12.1. The molecule has 0 spiro atoms. The van der Waals surface area contributed by atoms with Gasteiger partial charge in [0.25, 0.3) is 5.56 Å². The number of sulfonamides is 1. The lowest BCUT2D eigenvalue weighted by Gasteiger charge is -2.38. The van der Waals surface area contributed by atoms with Crippen LogP contribution in [-0.2, 0) is 17.1 Å². The van der Waals surface area contributed by atoms with Crippen LogP contribution < -0.4 is 5.56 Å². The van der Waals surface area contributed by atoms with E-state index in [1.165, 1.54) is 28.6 Å². The first kappa shape index (κ1) is 22.4. The van der Waals surface area contributed by atoms with Gasteiger partial charge in [0.1, 0.15) is 11.6 Å². The summed E-state index contributed by atoms with van der Waals surface area (Å²) in [7, 11) is 0.154. The number of benzene rings is 2. The zero-order valence-electron chi connectivity index (χ0n) is 18.5. The number of hydrogen-bond acceptors (Lipinski definition) is 6. The molecule has 1 aliphatic heterocycles. The van der Waals surface area contributed by atoms with Crippen LogP contribution in [0.25, 0.3) is 10.9 Å². The number of fused-ring (bicyclic) bond motifs is 1. The Morgan fingerprint density at radius 1 is 1.09 bits per heavy atom. The minimum Gasteiger partial charge on any atom is -0.508 e. The van der Waals surface area contributed by atoms with Gasteiger partial charge < -0.3 is 5.11 Å². The maximum Gasteiger partial charge on any atom is 0.261 e. The highest BCUT2D eigenvalue weighted by atomic mass is 32.2. The van der Waals surface area contributed by atoms with Crippen molar-refractivity contribution in [2.75, 3.05) is 20.1 Å². The minimum absolute atomic E-state index is 0.0370. The first-order valence-electron chi connectivity index (χ1n) is 10.7. The highest BCUT2D eigenvalue weighted by Gasteiger charge is 2.33. The fraction of sp³-hybridized carbons (Fsp3) is 0.391. The van der Waals surface area contributed by atoms with E-state index in [4.69, 9.17) is 4.98 Å². The van der Waals surface area contributed by atoms with E-state index in [0.717, 1.165) is 0 Å². The van der Waals surface area contributed by atoms with Crippen molar-refractivity contribution in [3.8, 4) is 5.75 Å². The van der Waals surface area contributed by atoms with E-state index in [0.29, 0.717) is 42.7 Å². The molecule has 1 aliphatic rings. The number of piperidine rings is 1. The Balaban J connectivity index is 1.49. The number of aromatic nitrogens is 2. The molecule has 32 heavy (non-hydrogen) atoms. The largest absolute Gasteiger partial charge is 0.508 e. The van der Waals surface area contributed by atoms with E-state index in [-0.39, 0.29) is 28.3 Å². The molecule has 1 atom stereocenters. The Kier molecular flexibility index (Phi) is 6.07. The van der Waals surface area contributed by atoms with Crippen molar-refractivity contribution in [2.45, 2.75) is 36.7 Å². The molecule has 0 saturated carbocycles. The molecule has 0 aliphatic carbocycles. The van der Waals surface area contributed by atoms with Gasteiger partial charge in [0.05, 0.1) is 21.8 Å². The van der Waals surface area contributed by atoms with E-state index in [1.807, 2.05) is 32.2 Å². The quantitative estimate of drug-likeness (QED) is 0.634. The van der Waals surface area contributed by atoms with Gasteiger partial charge in [-0.15, -0.1) is 0 Å². The van der Waals surface area contributed by atoms with Crippen LogP contribution in [0, 0.1) is 0 Å². The number of phenolic OH excluding ortho intramolecular Hbond substituents is 1. The van der Waals surface area contributed by atoms with E-state index in [9.17, 15) is 18.3 Å². The summed E-state index contributed by atoms with van der Waals surface area (Å²) in [6.07, 6.45) is 1.36. The molecule has 9 heteroatoms. The van der Waals surface area contributed by atoms with E-state index < -0.39 is 10.0 Å². The standard InChI is InChI=1S/C23H28N4O4S/c1-16(22-24-21-7-5-4-6-20(21)23(29)26(22)3)25(2)17-12-14-27(15-13-17)32(30,31)19-10-8-18(28)9-11-19/h4-11,16-17,28H,12-15H2,1-3H3. The fourth-order valence-electron chi connectivity index (χ4n) is 4.36. The molecule has 170 valence electrons. The Morgan fingerprint density at radius 3 is 2.38 bits per heavy atom. The molecule has 1 unspecified atom stereocenters. The lowest BCUT2D eigenvalue weighted by molar-refractivity contribution is 0.125. The summed E-state index contributed by atoms with van der Waals surface area (Å²) in [6.45, 7) is 2.85. The molecule has 4 rings (SSSR count). The number of rotatable bonds is 5. The van der Waals surface area contributed by atoms with Crippen molar-refractivity contribution in [1.82, 2.24) is 18.8 Å². The maximum atomic E-state index is 12.9. The lowest BCUT2D eigenvalue weighted by atomic mass is 10.0. The van der Waals surface area contributed by atoms with Crippen molar-refractivity contribution in [2.24, 2.45) is 7.05 Å². The molecule has 1 N–H and O–H groups in total. The summed E-state index contributed by atoms with van der Waals surface area (Å²) in [4.78, 5) is 19.9. The van der Waals surface area contributed by atoms with Crippen molar-refractivity contribution in [1.29, 1.82) is 0 Å². The van der Waals surface area contributed by atoms with E-state index >= 15 is 0 Å². The van der Waals surface area contributed by atoms with Crippen LogP contribution in [0.4, 0.5) is 0 Å². The third-order valence-corrected chi connectivity index (χ3v) is 8.39. The normalized spacial score (nSPS) is 17.1. The van der Waals surface area contributed by atoms with Crippen LogP contribution in [-0.4, -0.2) is 58.5 Å². The van der Waals surface area contributed by atoms with Gasteiger partial charge in [-0.3, -0.25) is 14.3 Å². The summed E-state index contributed by atoms with van der Waals surface area (Å²) < 4.78 is 28.9. The Labute approximate surface area is 187 Å². The Morgan fingerprint density at radius 2 is 1.72 bits per heavy atom. The third-order valence-electron chi connectivity index (χ3n) is 6.48. The molecule has 2 heterocycles. The van der Waals surface area contributed by atoms with Gasteiger partial charge in [-0.05, 0) is 63.2 Å². The number of phenols is 1. The number of para-hydroxylation sites is 1. The van der Waals surface area contributed by atoms with Gasteiger partial charge in [-0.2, -0.15) is 4.31 Å². The zero-order chi connectivity index (χ0) is 23.0. The van der Waals surface area contributed by atoms with Crippen molar-refractivity contribution >= 4 is 20.9 Å². The van der Waals surface area contributed by atoms with Gasteiger partial charge in [-0.1, -0.05) is 12.1 Å². The van der Waals surface area contributed by atoms with Gasteiger partial charge in [0.2, 0.25) is 10.0 Å². The molecule has 2 aromatic carbocycles. The summed E-state index contributed by atoms with van der Waals surface area (Å²) >= 11 is 0. The smallest absolute Gasteiger partial charge is 0.261 e. The topological polar surface area (TPSA) is 95.7 Å². The lowest BCUT2D eigenvalue weighted by Crippen LogP contribution is -2.46. The molecular formula is C23H28N4O4S. The second kappa shape index (κ2) is 8.65. The third kappa shape index (κ3) is 4.03.